The van der Waals surface area contributed by atoms with E-state index in [1.807, 2.05) is 25.1 Å². The highest BCUT2D eigenvalue weighted by molar-refractivity contribution is 9.10. The predicted molar refractivity (Wildman–Crippen MR) is 92.1 cm³/mol. The number of hydrogen-bond acceptors (Lipinski definition) is 4. The van der Waals surface area contributed by atoms with Crippen molar-refractivity contribution < 1.29 is 14.3 Å². The van der Waals surface area contributed by atoms with E-state index in [0.29, 0.717) is 26.1 Å². The molecule has 0 bridgehead atoms. The van der Waals surface area contributed by atoms with Crippen LogP contribution in [0.2, 0.25) is 0 Å². The summed E-state index contributed by atoms with van der Waals surface area (Å²) in [6, 6.07) is 5.60. The van der Waals surface area contributed by atoms with Crippen LogP contribution in [0.5, 0.6) is 0 Å². The Morgan fingerprint density at radius 2 is 2.04 bits per heavy atom. The number of anilines is 1. The average molecular weight is 384 g/mol. The van der Waals surface area contributed by atoms with Crippen LogP contribution < -0.4 is 11.1 Å². The minimum atomic E-state index is -0.930. The van der Waals surface area contributed by atoms with Gasteiger partial charge in [-0.1, -0.05) is 15.9 Å². The Hall–Kier alpha value is -1.44. The zero-order valence-corrected chi connectivity index (χ0v) is 15.0. The zero-order valence-electron chi connectivity index (χ0n) is 13.4. The smallest absolute Gasteiger partial charge is 0.243 e. The third-order valence-corrected chi connectivity index (χ3v) is 4.49. The van der Waals surface area contributed by atoms with Crippen molar-refractivity contribution in [2.75, 3.05) is 32.1 Å². The summed E-state index contributed by atoms with van der Waals surface area (Å²) in [6.07, 6.45) is 0.952. The molecule has 7 heteroatoms. The second-order valence-electron chi connectivity index (χ2n) is 5.94. The molecule has 1 aromatic rings. The van der Waals surface area contributed by atoms with Crippen molar-refractivity contribution >= 4 is 33.4 Å². The zero-order chi connectivity index (χ0) is 17.0. The maximum absolute atomic E-state index is 12.5. The fourth-order valence-corrected chi connectivity index (χ4v) is 3.05. The molecule has 126 valence electrons. The Morgan fingerprint density at radius 3 is 2.65 bits per heavy atom. The highest BCUT2D eigenvalue weighted by Crippen LogP contribution is 2.21. The van der Waals surface area contributed by atoms with Crippen molar-refractivity contribution in [2.24, 2.45) is 5.73 Å². The number of nitrogens with one attached hydrogen (secondary N) is 1. The molecule has 2 rings (SSSR count). The van der Waals surface area contributed by atoms with Crippen LogP contribution in [0.3, 0.4) is 0 Å². The first-order valence-corrected chi connectivity index (χ1v) is 8.29. The molecule has 0 unspecified atom stereocenters. The molecule has 1 aromatic carbocycles. The van der Waals surface area contributed by atoms with E-state index >= 15 is 0 Å². The minimum Gasteiger partial charge on any atom is -0.381 e. The monoisotopic (exact) mass is 383 g/mol. The maximum Gasteiger partial charge on any atom is 0.243 e. The van der Waals surface area contributed by atoms with Gasteiger partial charge in [0, 0.05) is 30.4 Å². The fraction of sp³-hybridized carbons (Fsp3) is 0.500. The number of ether oxygens (including phenoxy) is 1. The first-order valence-electron chi connectivity index (χ1n) is 7.50. The van der Waals surface area contributed by atoms with E-state index in [-0.39, 0.29) is 18.4 Å². The molecule has 0 aliphatic carbocycles. The van der Waals surface area contributed by atoms with Crippen LogP contribution in [0.15, 0.2) is 22.7 Å². The standard InChI is InChI=1S/C16H22BrN3O3/c1-11-9-12(17)3-4-13(11)19-14(21)10-20(2)15(22)16(18)5-7-23-8-6-16/h3-4,9H,5-8,10,18H2,1-2H3,(H,19,21). The second kappa shape index (κ2) is 7.42. The lowest BCUT2D eigenvalue weighted by Crippen LogP contribution is -2.58. The number of likely N-dealkylation sites (N-methyl/N-ethyl adjacent to an activating group) is 1. The summed E-state index contributed by atoms with van der Waals surface area (Å²) in [5.41, 5.74) is 6.91. The minimum absolute atomic E-state index is 0.0336. The van der Waals surface area contributed by atoms with Crippen molar-refractivity contribution in [1.82, 2.24) is 4.90 Å². The van der Waals surface area contributed by atoms with Gasteiger partial charge >= 0.3 is 0 Å². The molecule has 0 spiro atoms. The molecular weight excluding hydrogens is 362 g/mol. The summed E-state index contributed by atoms with van der Waals surface area (Å²) < 4.78 is 6.19. The van der Waals surface area contributed by atoms with E-state index < -0.39 is 5.54 Å². The molecule has 3 N–H and O–H groups in total. The summed E-state index contributed by atoms with van der Waals surface area (Å²) in [7, 11) is 1.60. The number of halogens is 1. The molecule has 0 atom stereocenters. The summed E-state index contributed by atoms with van der Waals surface area (Å²) in [6.45, 7) is 2.82. The van der Waals surface area contributed by atoms with Crippen molar-refractivity contribution in [3.05, 3.63) is 28.2 Å². The van der Waals surface area contributed by atoms with Crippen molar-refractivity contribution in [1.29, 1.82) is 0 Å². The van der Waals surface area contributed by atoms with Gasteiger partial charge in [-0.05, 0) is 43.5 Å². The number of carbonyl (C=O) groups excluding carboxylic acids is 2. The SMILES string of the molecule is Cc1cc(Br)ccc1NC(=O)CN(C)C(=O)C1(N)CCOCC1. The van der Waals surface area contributed by atoms with Gasteiger partial charge in [-0.15, -0.1) is 0 Å². The van der Waals surface area contributed by atoms with Gasteiger partial charge in [0.15, 0.2) is 0 Å². The van der Waals surface area contributed by atoms with E-state index in [9.17, 15) is 9.59 Å². The molecule has 1 saturated heterocycles. The lowest BCUT2D eigenvalue weighted by Gasteiger charge is -2.35. The number of hydrogen-bond donors (Lipinski definition) is 2. The second-order valence-corrected chi connectivity index (χ2v) is 6.85. The van der Waals surface area contributed by atoms with Gasteiger partial charge in [-0.2, -0.15) is 0 Å². The van der Waals surface area contributed by atoms with Crippen LogP contribution >= 0.6 is 15.9 Å². The van der Waals surface area contributed by atoms with Crippen LogP contribution in [0, 0.1) is 6.92 Å². The number of rotatable bonds is 4. The van der Waals surface area contributed by atoms with Crippen molar-refractivity contribution in [3.8, 4) is 0 Å². The Morgan fingerprint density at radius 1 is 1.39 bits per heavy atom. The molecule has 2 amide bonds. The number of benzene rings is 1. The third-order valence-electron chi connectivity index (χ3n) is 4.00. The summed E-state index contributed by atoms with van der Waals surface area (Å²) in [5.74, 6) is -0.467. The Kier molecular flexibility index (Phi) is 5.78. The van der Waals surface area contributed by atoms with Crippen molar-refractivity contribution in [2.45, 2.75) is 25.3 Å². The van der Waals surface area contributed by atoms with Crippen LogP contribution in [0.25, 0.3) is 0 Å². The van der Waals surface area contributed by atoms with E-state index in [1.54, 1.807) is 7.05 Å². The lowest BCUT2D eigenvalue weighted by molar-refractivity contribution is -0.141. The first-order chi connectivity index (χ1) is 10.8. The summed E-state index contributed by atoms with van der Waals surface area (Å²) in [4.78, 5) is 26.0. The first kappa shape index (κ1) is 17.9. The number of nitrogens with two attached hydrogens (primary N) is 1. The Labute approximate surface area is 144 Å². The van der Waals surface area contributed by atoms with Crippen molar-refractivity contribution in [3.63, 3.8) is 0 Å². The van der Waals surface area contributed by atoms with E-state index in [0.717, 1.165) is 15.7 Å². The molecule has 1 fully saturated rings. The molecule has 23 heavy (non-hydrogen) atoms. The molecular formula is C16H22BrN3O3. The molecule has 0 aromatic heterocycles. The van der Waals surface area contributed by atoms with Gasteiger partial charge in [-0.25, -0.2) is 0 Å². The number of nitrogens with zero attached hydrogens (tertiary/aromatic N) is 1. The lowest BCUT2D eigenvalue weighted by atomic mass is 9.90. The van der Waals surface area contributed by atoms with Gasteiger partial charge in [0.2, 0.25) is 11.8 Å². The topological polar surface area (TPSA) is 84.7 Å². The van der Waals surface area contributed by atoms with Gasteiger partial charge in [0.05, 0.1) is 12.1 Å². The fourth-order valence-electron chi connectivity index (χ4n) is 2.57. The molecule has 0 saturated carbocycles. The van der Waals surface area contributed by atoms with E-state index in [2.05, 4.69) is 21.2 Å². The number of carbonyl (C=O) groups is 2. The van der Waals surface area contributed by atoms with Crippen LogP contribution in [0.4, 0.5) is 5.69 Å². The van der Waals surface area contributed by atoms with Gasteiger partial charge in [0.25, 0.3) is 0 Å². The van der Waals surface area contributed by atoms with Crippen LogP contribution in [-0.2, 0) is 14.3 Å². The molecule has 6 nitrogen and oxygen atoms in total. The van der Waals surface area contributed by atoms with Gasteiger partial charge in [0.1, 0.15) is 0 Å². The largest absolute Gasteiger partial charge is 0.381 e. The molecule has 0 radical (unpaired) electrons. The molecule has 1 aliphatic rings. The van der Waals surface area contributed by atoms with E-state index in [1.165, 1.54) is 4.90 Å². The average Bonchev–Trinajstić information content (AvgIpc) is 2.50. The predicted octanol–water partition coefficient (Wildman–Crippen LogP) is 1.66. The van der Waals surface area contributed by atoms with E-state index in [4.69, 9.17) is 10.5 Å². The highest BCUT2D eigenvalue weighted by Gasteiger charge is 2.38. The summed E-state index contributed by atoms with van der Waals surface area (Å²) in [5, 5.41) is 2.82. The molecule has 1 aliphatic heterocycles. The summed E-state index contributed by atoms with van der Waals surface area (Å²) >= 11 is 3.38. The normalized spacial score (nSPS) is 16.7. The number of amides is 2. The van der Waals surface area contributed by atoms with Crippen LogP contribution in [-0.4, -0.2) is 49.1 Å². The van der Waals surface area contributed by atoms with Gasteiger partial charge < -0.3 is 20.7 Å². The quantitative estimate of drug-likeness (QED) is 0.827. The van der Waals surface area contributed by atoms with Gasteiger partial charge in [-0.3, -0.25) is 9.59 Å². The van der Waals surface area contributed by atoms with Crippen LogP contribution in [0.1, 0.15) is 18.4 Å². The third kappa shape index (κ3) is 4.53. The Balaban J connectivity index is 1.95. The molecule has 1 heterocycles. The maximum atomic E-state index is 12.5. The highest BCUT2D eigenvalue weighted by atomic mass is 79.9. The number of aryl methyl sites for hydroxylation is 1. The Bertz CT molecular complexity index is 600.